The molecule has 1 saturated heterocycles. The number of likely N-dealkylation sites (tertiary alicyclic amines) is 1. The summed E-state index contributed by atoms with van der Waals surface area (Å²) in [7, 11) is -6.99. The van der Waals surface area contributed by atoms with Gasteiger partial charge in [-0.3, -0.25) is 9.13 Å². The van der Waals surface area contributed by atoms with Crippen LogP contribution in [0.15, 0.2) is 0 Å². The summed E-state index contributed by atoms with van der Waals surface area (Å²) in [5.74, 6) is 0.808. The smallest absolute Gasteiger partial charge is 0.398 e. The second kappa shape index (κ2) is 6.84. The lowest BCUT2D eigenvalue weighted by Gasteiger charge is -2.52. The first-order valence-corrected chi connectivity index (χ1v) is 9.80. The van der Waals surface area contributed by atoms with Crippen molar-refractivity contribution in [2.75, 3.05) is 26.4 Å². The average Bonchev–Trinajstić information content (AvgIpc) is 2.11. The van der Waals surface area contributed by atoms with E-state index in [0.29, 0.717) is 18.7 Å². The monoisotopic (exact) mass is 461 g/mol. The molecule has 1 fully saturated rings. The molecule has 0 spiro atoms. The highest BCUT2D eigenvalue weighted by Gasteiger charge is 2.72. The Labute approximate surface area is 141 Å². The van der Waals surface area contributed by atoms with E-state index in [9.17, 15) is 28.7 Å². The summed E-state index contributed by atoms with van der Waals surface area (Å²) in [6.45, 7) is 0.316. The molecule has 0 bridgehead atoms. The first-order valence-electron chi connectivity index (χ1n) is 5.94. The first kappa shape index (κ1) is 21.3. The highest BCUT2D eigenvalue weighted by atomic mass is 127. The second-order valence-electron chi connectivity index (χ2n) is 5.65. The summed E-state index contributed by atoms with van der Waals surface area (Å²) in [4.78, 5) is 38.3. The van der Waals surface area contributed by atoms with Gasteiger partial charge in [0.2, 0.25) is 0 Å². The summed E-state index contributed by atoms with van der Waals surface area (Å²) in [6.07, 6.45) is 0.967. The fourth-order valence-corrected chi connectivity index (χ4v) is 7.31. The van der Waals surface area contributed by atoms with Crippen molar-refractivity contribution in [2.24, 2.45) is 5.92 Å². The van der Waals surface area contributed by atoms with Crippen molar-refractivity contribution in [3.63, 3.8) is 0 Å². The molecule has 7 nitrogen and oxygen atoms in total. The normalized spacial score (nSPS) is 25.9. The molecule has 1 atom stereocenters. The molecule has 0 aromatic rings. The van der Waals surface area contributed by atoms with Crippen LogP contribution in [-0.2, 0) is 9.13 Å². The Balaban J connectivity index is 0.00000361. The van der Waals surface area contributed by atoms with E-state index < -0.39 is 20.2 Å². The highest BCUT2D eigenvalue weighted by molar-refractivity contribution is 7.80. The number of halogens is 1. The van der Waals surface area contributed by atoms with Crippen molar-refractivity contribution in [3.8, 4) is 0 Å². The molecule has 0 saturated carbocycles. The number of hydrogen-bond donors (Lipinski definition) is 5. The molecule has 0 radical (unpaired) electrons. The van der Waals surface area contributed by atoms with Crippen LogP contribution in [0.2, 0.25) is 0 Å². The lowest BCUT2D eigenvalue weighted by molar-refractivity contribution is -0.923. The van der Waals surface area contributed by atoms with Gasteiger partial charge < -0.3 is 48.0 Å². The minimum atomic E-state index is -4.97. The van der Waals surface area contributed by atoms with Crippen LogP contribution in [-0.4, -0.2) is 55.5 Å². The van der Waals surface area contributed by atoms with Crippen molar-refractivity contribution >= 4 is 27.8 Å². The predicted octanol–water partition coefficient (Wildman–Crippen LogP) is -2.19. The number of rotatable bonds is 4. The third-order valence-corrected chi connectivity index (χ3v) is 9.26. The predicted molar refractivity (Wildman–Crippen MR) is 75.0 cm³/mol. The Bertz CT molecular complexity index is 414. The highest BCUT2D eigenvalue weighted by Crippen LogP contribution is 2.75. The van der Waals surface area contributed by atoms with Crippen molar-refractivity contribution in [1.29, 1.82) is 0 Å². The summed E-state index contributed by atoms with van der Waals surface area (Å²) in [5.41, 5.74) is 0. The van der Waals surface area contributed by atoms with E-state index >= 15 is 0 Å². The van der Waals surface area contributed by atoms with E-state index in [-0.39, 0.29) is 40.8 Å². The maximum atomic E-state index is 11.8. The van der Waals surface area contributed by atoms with Gasteiger partial charge in [0, 0.05) is 12.3 Å². The largest absolute Gasteiger partial charge is 1.00 e. The number of hydrogen-bond acceptors (Lipinski definition) is 3. The zero-order valence-corrected chi connectivity index (χ0v) is 16.2. The Morgan fingerprint density at radius 3 is 1.95 bits per heavy atom. The Hall–Kier alpha value is 1.34. The average molecular weight is 461 g/mol. The lowest BCUT2D eigenvalue weighted by Crippen LogP contribution is -3.00. The number of nitrogens with zero attached hydrogens (tertiary/aromatic N) is 1. The molecule has 0 aromatic heterocycles. The first-order chi connectivity index (χ1) is 8.39. The van der Waals surface area contributed by atoms with Crippen LogP contribution in [0.4, 0.5) is 0 Å². The van der Waals surface area contributed by atoms with Crippen molar-refractivity contribution in [2.45, 2.75) is 24.3 Å². The van der Waals surface area contributed by atoms with E-state index in [1.807, 2.05) is 0 Å². The van der Waals surface area contributed by atoms with Gasteiger partial charge in [-0.05, 0) is 18.6 Å². The zero-order valence-electron chi connectivity index (χ0n) is 11.4. The molecule has 0 amide bonds. The SMILES string of the molecule is C[N+]1(C)CC(CCS)CCC1(P(=O)(O)O)P(=O)(O)O.[I-]. The standard InChI is InChI=1S/C9H21NO6P2S.HI/c1-10(2)7-8(4-6-19)3-5-9(10,17(11,12)13)18(14,15)16;/h8H,3-7H2,1-2H3,(H4-,11,12,13,14,15,16,19);1H. The van der Waals surface area contributed by atoms with Crippen LogP contribution in [0.1, 0.15) is 19.3 Å². The number of quaternary nitrogens is 1. The topological polar surface area (TPSA) is 115 Å². The van der Waals surface area contributed by atoms with Gasteiger partial charge in [0.05, 0.1) is 20.6 Å². The van der Waals surface area contributed by atoms with Gasteiger partial charge in [0.15, 0.2) is 0 Å². The molecule has 4 N–H and O–H groups in total. The van der Waals surface area contributed by atoms with Gasteiger partial charge in [-0.25, -0.2) is 0 Å². The molecule has 1 rings (SSSR count). The number of thiol groups is 1. The Kier molecular flexibility index (Phi) is 7.30. The Morgan fingerprint density at radius 1 is 1.20 bits per heavy atom. The summed E-state index contributed by atoms with van der Waals surface area (Å²) >= 11 is 4.13. The zero-order chi connectivity index (χ0) is 15.1. The van der Waals surface area contributed by atoms with E-state index in [1.54, 1.807) is 0 Å². The van der Waals surface area contributed by atoms with Crippen LogP contribution < -0.4 is 24.0 Å². The van der Waals surface area contributed by atoms with Crippen LogP contribution in [0.25, 0.3) is 0 Å². The molecule has 11 heteroatoms. The number of piperidine rings is 1. The maximum absolute atomic E-state index is 11.8. The van der Waals surface area contributed by atoms with Crippen LogP contribution in [0, 0.1) is 5.92 Å². The third-order valence-electron chi connectivity index (χ3n) is 4.04. The molecular formula is C9H22INO6P2S. The van der Waals surface area contributed by atoms with Crippen LogP contribution in [0.3, 0.4) is 0 Å². The van der Waals surface area contributed by atoms with E-state index in [2.05, 4.69) is 12.6 Å². The van der Waals surface area contributed by atoms with E-state index in [4.69, 9.17) is 0 Å². The molecule has 122 valence electrons. The minimum Gasteiger partial charge on any atom is -1.00 e. The summed E-state index contributed by atoms with van der Waals surface area (Å²) < 4.78 is 23.2. The molecule has 1 aliphatic heterocycles. The summed E-state index contributed by atoms with van der Waals surface area (Å²) in [6, 6.07) is 0. The van der Waals surface area contributed by atoms with Gasteiger partial charge in [-0.15, -0.1) is 0 Å². The van der Waals surface area contributed by atoms with Crippen molar-refractivity contribution in [1.82, 2.24) is 0 Å². The molecule has 1 aliphatic rings. The fourth-order valence-electron chi connectivity index (χ4n) is 3.17. The lowest BCUT2D eigenvalue weighted by atomic mass is 9.94. The van der Waals surface area contributed by atoms with Gasteiger partial charge in [-0.1, -0.05) is 0 Å². The van der Waals surface area contributed by atoms with E-state index in [1.165, 1.54) is 14.1 Å². The molecule has 0 aliphatic carbocycles. The fraction of sp³-hybridized carbons (Fsp3) is 1.00. The van der Waals surface area contributed by atoms with Gasteiger partial charge in [0.25, 0.3) is 5.02 Å². The van der Waals surface area contributed by atoms with E-state index in [0.717, 1.165) is 6.42 Å². The summed E-state index contributed by atoms with van der Waals surface area (Å²) in [5, 5.41) is -2.33. The third kappa shape index (κ3) is 3.63. The molecule has 1 unspecified atom stereocenters. The quantitative estimate of drug-likeness (QED) is 0.141. The molecule has 1 heterocycles. The van der Waals surface area contributed by atoms with Crippen molar-refractivity contribution in [3.05, 3.63) is 0 Å². The second-order valence-corrected chi connectivity index (χ2v) is 10.1. The van der Waals surface area contributed by atoms with Gasteiger partial charge >= 0.3 is 15.2 Å². The minimum absolute atomic E-state index is 0. The van der Waals surface area contributed by atoms with Gasteiger partial charge in [0.1, 0.15) is 0 Å². The van der Waals surface area contributed by atoms with Crippen LogP contribution >= 0.6 is 27.8 Å². The van der Waals surface area contributed by atoms with Crippen molar-refractivity contribution < 1.29 is 57.2 Å². The molecular weight excluding hydrogens is 439 g/mol. The van der Waals surface area contributed by atoms with Gasteiger partial charge in [-0.2, -0.15) is 12.6 Å². The maximum Gasteiger partial charge on any atom is 0.398 e. The molecule has 0 aromatic carbocycles. The Morgan fingerprint density at radius 2 is 1.65 bits per heavy atom. The van der Waals surface area contributed by atoms with Crippen LogP contribution in [0.5, 0.6) is 0 Å². The molecule has 20 heavy (non-hydrogen) atoms.